The van der Waals surface area contributed by atoms with Gasteiger partial charge in [-0.05, 0) is 12.1 Å². The second kappa shape index (κ2) is 5.25. The number of carbonyl (C=O) groups excluding carboxylic acids is 1. The molecular weight excluding hydrogens is 221 g/mol. The summed E-state index contributed by atoms with van der Waals surface area (Å²) in [6.07, 6.45) is 0. The maximum atomic E-state index is 13.5. The first kappa shape index (κ1) is 12.0. The van der Waals surface area contributed by atoms with Crippen LogP contribution in [0.1, 0.15) is 10.4 Å². The molecule has 3 N–H and O–H groups in total. The minimum atomic E-state index is -0.480. The molecule has 17 heavy (non-hydrogen) atoms. The number of carbonyl (C=O) groups is 1. The molecule has 0 aromatic heterocycles. The number of amides is 1. The lowest BCUT2D eigenvalue weighted by molar-refractivity contribution is 0.0640. The first-order valence-corrected chi connectivity index (χ1v) is 5.70. The highest BCUT2D eigenvalue weighted by Crippen LogP contribution is 2.13. The van der Waals surface area contributed by atoms with Crippen LogP contribution < -0.4 is 11.1 Å². The van der Waals surface area contributed by atoms with Crippen LogP contribution in [0.25, 0.3) is 0 Å². The zero-order valence-corrected chi connectivity index (χ0v) is 9.53. The van der Waals surface area contributed by atoms with Gasteiger partial charge < -0.3 is 16.0 Å². The van der Waals surface area contributed by atoms with E-state index in [0.29, 0.717) is 19.6 Å². The van der Waals surface area contributed by atoms with E-state index < -0.39 is 5.82 Å². The van der Waals surface area contributed by atoms with E-state index >= 15 is 0 Å². The highest BCUT2D eigenvalue weighted by Gasteiger charge is 2.27. The summed E-state index contributed by atoms with van der Waals surface area (Å²) >= 11 is 0. The van der Waals surface area contributed by atoms with Gasteiger partial charge in [-0.15, -0.1) is 0 Å². The van der Waals surface area contributed by atoms with Crippen LogP contribution in [0.15, 0.2) is 24.3 Å². The lowest BCUT2D eigenvalue weighted by Gasteiger charge is -2.35. The van der Waals surface area contributed by atoms with Crippen LogP contribution in [-0.4, -0.2) is 43.0 Å². The predicted octanol–water partition coefficient (Wildman–Crippen LogP) is 0.198. The van der Waals surface area contributed by atoms with Crippen LogP contribution in [0, 0.1) is 5.82 Å². The van der Waals surface area contributed by atoms with Crippen molar-refractivity contribution in [1.29, 1.82) is 0 Å². The normalized spacial score (nSPS) is 20.4. The van der Waals surface area contributed by atoms with Crippen molar-refractivity contribution in [1.82, 2.24) is 10.2 Å². The summed E-state index contributed by atoms with van der Waals surface area (Å²) in [7, 11) is 0. The van der Waals surface area contributed by atoms with Crippen LogP contribution in [-0.2, 0) is 0 Å². The quantitative estimate of drug-likeness (QED) is 0.772. The second-order valence-corrected chi connectivity index (χ2v) is 4.07. The topological polar surface area (TPSA) is 58.4 Å². The summed E-state index contributed by atoms with van der Waals surface area (Å²) in [5, 5.41) is 3.17. The van der Waals surface area contributed by atoms with Crippen LogP contribution in [0.5, 0.6) is 0 Å². The van der Waals surface area contributed by atoms with E-state index in [9.17, 15) is 9.18 Å². The fourth-order valence-corrected chi connectivity index (χ4v) is 2.03. The maximum Gasteiger partial charge on any atom is 0.257 e. The third-order valence-corrected chi connectivity index (χ3v) is 2.99. The molecule has 0 bridgehead atoms. The minimum absolute atomic E-state index is 0.0594. The van der Waals surface area contributed by atoms with E-state index in [0.717, 1.165) is 6.54 Å². The van der Waals surface area contributed by atoms with Crippen molar-refractivity contribution < 1.29 is 9.18 Å². The number of halogens is 1. The zero-order valence-electron chi connectivity index (χ0n) is 9.53. The summed E-state index contributed by atoms with van der Waals surface area (Å²) in [6, 6.07) is 5.98. The number of hydrogen-bond acceptors (Lipinski definition) is 3. The summed E-state index contributed by atoms with van der Waals surface area (Å²) in [5.74, 6) is -0.758. The summed E-state index contributed by atoms with van der Waals surface area (Å²) in [4.78, 5) is 13.8. The number of benzene rings is 1. The standard InChI is InChI=1S/C12H16FN3O/c13-11-4-2-1-3-10(11)12(17)16-6-5-15-8-9(16)7-14/h1-4,9,15H,5-8,14H2. The van der Waals surface area contributed by atoms with Crippen molar-refractivity contribution in [3.63, 3.8) is 0 Å². The van der Waals surface area contributed by atoms with E-state index in [1.165, 1.54) is 12.1 Å². The first-order chi connectivity index (χ1) is 8.24. The number of nitrogens with one attached hydrogen (secondary N) is 1. The van der Waals surface area contributed by atoms with Gasteiger partial charge in [0.05, 0.1) is 11.6 Å². The first-order valence-electron chi connectivity index (χ1n) is 5.70. The molecule has 1 aromatic carbocycles. The van der Waals surface area contributed by atoms with E-state index in [2.05, 4.69) is 5.32 Å². The minimum Gasteiger partial charge on any atom is -0.332 e. The molecule has 1 fully saturated rings. The lowest BCUT2D eigenvalue weighted by Crippen LogP contribution is -2.56. The van der Waals surface area contributed by atoms with Gasteiger partial charge in [0.2, 0.25) is 0 Å². The van der Waals surface area contributed by atoms with Crippen molar-refractivity contribution in [2.45, 2.75) is 6.04 Å². The van der Waals surface area contributed by atoms with E-state index in [-0.39, 0.29) is 17.5 Å². The highest BCUT2D eigenvalue weighted by atomic mass is 19.1. The monoisotopic (exact) mass is 237 g/mol. The molecule has 1 saturated heterocycles. The molecule has 1 heterocycles. The van der Waals surface area contributed by atoms with Gasteiger partial charge in [0, 0.05) is 26.2 Å². The van der Waals surface area contributed by atoms with E-state index in [1.807, 2.05) is 0 Å². The van der Waals surface area contributed by atoms with E-state index in [1.54, 1.807) is 17.0 Å². The number of nitrogens with two attached hydrogens (primary N) is 1. The van der Waals surface area contributed by atoms with Gasteiger partial charge in [0.25, 0.3) is 5.91 Å². The Balaban J connectivity index is 2.21. The number of nitrogens with zero attached hydrogens (tertiary/aromatic N) is 1. The fourth-order valence-electron chi connectivity index (χ4n) is 2.03. The molecular formula is C12H16FN3O. The Labute approximate surface area is 99.6 Å². The smallest absolute Gasteiger partial charge is 0.257 e. The Bertz CT molecular complexity index is 410. The maximum absolute atomic E-state index is 13.5. The van der Waals surface area contributed by atoms with Gasteiger partial charge in [-0.25, -0.2) is 4.39 Å². The fraction of sp³-hybridized carbons (Fsp3) is 0.417. The second-order valence-electron chi connectivity index (χ2n) is 4.07. The Kier molecular flexibility index (Phi) is 3.71. The van der Waals surface area contributed by atoms with Crippen LogP contribution in [0.3, 0.4) is 0 Å². The molecule has 0 saturated carbocycles. The van der Waals surface area contributed by atoms with Gasteiger partial charge in [-0.2, -0.15) is 0 Å². The molecule has 1 aromatic rings. The predicted molar refractivity (Wildman–Crippen MR) is 63.1 cm³/mol. The molecule has 0 radical (unpaired) electrons. The Morgan fingerprint density at radius 3 is 3.00 bits per heavy atom. The zero-order chi connectivity index (χ0) is 12.3. The van der Waals surface area contributed by atoms with Gasteiger partial charge in [-0.1, -0.05) is 12.1 Å². The summed E-state index contributed by atoms with van der Waals surface area (Å²) in [6.45, 7) is 2.33. The van der Waals surface area contributed by atoms with Crippen LogP contribution >= 0.6 is 0 Å². The van der Waals surface area contributed by atoms with Gasteiger partial charge in [0.15, 0.2) is 0 Å². The average molecular weight is 237 g/mol. The molecule has 0 spiro atoms. The van der Waals surface area contributed by atoms with Crippen molar-refractivity contribution in [3.05, 3.63) is 35.6 Å². The molecule has 1 unspecified atom stereocenters. The highest BCUT2D eigenvalue weighted by molar-refractivity contribution is 5.94. The van der Waals surface area contributed by atoms with Crippen molar-refractivity contribution >= 4 is 5.91 Å². The number of rotatable bonds is 2. The number of piperazine rings is 1. The number of hydrogen-bond donors (Lipinski definition) is 2. The molecule has 92 valence electrons. The molecule has 1 aliphatic rings. The third kappa shape index (κ3) is 2.45. The Morgan fingerprint density at radius 2 is 2.29 bits per heavy atom. The van der Waals surface area contributed by atoms with E-state index in [4.69, 9.17) is 5.73 Å². The van der Waals surface area contributed by atoms with Crippen molar-refractivity contribution in [2.24, 2.45) is 5.73 Å². The summed E-state index contributed by atoms with van der Waals surface area (Å²) in [5.41, 5.74) is 5.74. The Morgan fingerprint density at radius 1 is 1.53 bits per heavy atom. The molecule has 1 amide bonds. The SMILES string of the molecule is NCC1CNCCN1C(=O)c1ccccc1F. The molecule has 0 aliphatic carbocycles. The van der Waals surface area contributed by atoms with Gasteiger partial charge >= 0.3 is 0 Å². The third-order valence-electron chi connectivity index (χ3n) is 2.99. The molecule has 4 nitrogen and oxygen atoms in total. The van der Waals surface area contributed by atoms with Gasteiger partial charge in [-0.3, -0.25) is 4.79 Å². The van der Waals surface area contributed by atoms with Crippen molar-refractivity contribution in [2.75, 3.05) is 26.2 Å². The molecule has 2 rings (SSSR count). The van der Waals surface area contributed by atoms with Crippen LogP contribution in [0.2, 0.25) is 0 Å². The molecule has 1 atom stereocenters. The molecule has 5 heteroatoms. The Hall–Kier alpha value is -1.46. The summed E-state index contributed by atoms with van der Waals surface area (Å²) < 4.78 is 13.5. The molecule has 1 aliphatic heterocycles. The van der Waals surface area contributed by atoms with Gasteiger partial charge in [0.1, 0.15) is 5.82 Å². The largest absolute Gasteiger partial charge is 0.332 e. The average Bonchev–Trinajstić information content (AvgIpc) is 2.38. The van der Waals surface area contributed by atoms with Crippen molar-refractivity contribution in [3.8, 4) is 0 Å². The van der Waals surface area contributed by atoms with Crippen LogP contribution in [0.4, 0.5) is 4.39 Å². The lowest BCUT2D eigenvalue weighted by atomic mass is 10.1.